The van der Waals surface area contributed by atoms with Crippen molar-refractivity contribution in [2.75, 3.05) is 6.61 Å². The second-order valence-corrected chi connectivity index (χ2v) is 8.47. The summed E-state index contributed by atoms with van der Waals surface area (Å²) in [5.41, 5.74) is 5.94. The van der Waals surface area contributed by atoms with E-state index in [2.05, 4.69) is 28.6 Å². The van der Waals surface area contributed by atoms with Gasteiger partial charge < -0.3 is 14.6 Å². The number of rotatable bonds is 10. The fraction of sp³-hybridized carbons (Fsp3) is 0.241. The van der Waals surface area contributed by atoms with Crippen molar-refractivity contribution in [3.63, 3.8) is 0 Å². The molecule has 1 heterocycles. The summed E-state index contributed by atoms with van der Waals surface area (Å²) in [5.74, 6) is 1.66. The highest BCUT2D eigenvalue weighted by molar-refractivity contribution is 5.95. The monoisotopic (exact) mass is 453 g/mol. The maximum Gasteiger partial charge on any atom is 0.251 e. The summed E-state index contributed by atoms with van der Waals surface area (Å²) in [6.45, 7) is 9.52. The molecule has 0 saturated carbocycles. The predicted molar refractivity (Wildman–Crippen MR) is 137 cm³/mol. The Morgan fingerprint density at radius 1 is 1.09 bits per heavy atom. The molecule has 0 radical (unpaired) electrons. The molecule has 0 aliphatic carbocycles. The van der Waals surface area contributed by atoms with Crippen LogP contribution in [0.4, 0.5) is 0 Å². The molecular weight excluding hydrogens is 422 g/mol. The number of ether oxygens (including phenoxy) is 1. The second-order valence-electron chi connectivity index (χ2n) is 8.47. The van der Waals surface area contributed by atoms with Crippen LogP contribution in [0.2, 0.25) is 0 Å². The summed E-state index contributed by atoms with van der Waals surface area (Å²) >= 11 is 0. The number of allylic oxidation sites excluding steroid dienone is 1. The third-order valence-corrected chi connectivity index (χ3v) is 5.89. The number of hydrogen-bond donors (Lipinski definition) is 1. The standard InChI is InChI=1S/C29H31N3O2/c1-4-10-23-11-5-8-14-27(23)34-18-9-17-32-26-13-7-6-12-25(26)31-28(32)20-30-29(33)24-16-15-21(2)19-22(24)3/h4-8,11-16,19H,1,9-10,17-18,20H2,2-3H3,(H,30,33). The molecular formula is C29H31N3O2. The van der Waals surface area contributed by atoms with E-state index in [0.717, 1.165) is 58.7 Å². The zero-order valence-electron chi connectivity index (χ0n) is 19.9. The fourth-order valence-corrected chi connectivity index (χ4v) is 4.21. The van der Waals surface area contributed by atoms with Crippen LogP contribution in [0, 0.1) is 13.8 Å². The molecule has 34 heavy (non-hydrogen) atoms. The van der Waals surface area contributed by atoms with Gasteiger partial charge in [0.1, 0.15) is 11.6 Å². The highest BCUT2D eigenvalue weighted by Crippen LogP contribution is 2.20. The normalized spacial score (nSPS) is 10.9. The lowest BCUT2D eigenvalue weighted by atomic mass is 10.1. The number of carbonyl (C=O) groups is 1. The first-order chi connectivity index (χ1) is 16.6. The van der Waals surface area contributed by atoms with Crippen LogP contribution in [-0.4, -0.2) is 22.1 Å². The predicted octanol–water partition coefficient (Wildman–Crippen LogP) is 5.78. The van der Waals surface area contributed by atoms with Gasteiger partial charge in [0, 0.05) is 12.1 Å². The summed E-state index contributed by atoms with van der Waals surface area (Å²) in [6.07, 6.45) is 3.49. The minimum absolute atomic E-state index is 0.0849. The smallest absolute Gasteiger partial charge is 0.251 e. The van der Waals surface area contributed by atoms with Crippen LogP contribution in [0.1, 0.15) is 39.3 Å². The van der Waals surface area contributed by atoms with Crippen LogP contribution in [-0.2, 0) is 19.5 Å². The molecule has 3 aromatic carbocycles. The molecule has 0 bridgehead atoms. The number of carbonyl (C=O) groups excluding carboxylic acids is 1. The summed E-state index contributed by atoms with van der Waals surface area (Å²) in [6, 6.07) is 22.0. The molecule has 0 spiro atoms. The van der Waals surface area contributed by atoms with E-state index in [1.807, 2.05) is 74.5 Å². The van der Waals surface area contributed by atoms with E-state index in [-0.39, 0.29) is 5.91 Å². The maximum absolute atomic E-state index is 12.8. The molecule has 0 aliphatic rings. The lowest BCUT2D eigenvalue weighted by Gasteiger charge is -2.13. The number of imidazole rings is 1. The van der Waals surface area contributed by atoms with Gasteiger partial charge in [0.25, 0.3) is 5.91 Å². The zero-order chi connectivity index (χ0) is 23.9. The largest absolute Gasteiger partial charge is 0.493 e. The van der Waals surface area contributed by atoms with E-state index in [0.29, 0.717) is 18.7 Å². The third kappa shape index (κ3) is 5.37. The second kappa shape index (κ2) is 10.8. The number of nitrogens with one attached hydrogen (secondary N) is 1. The maximum atomic E-state index is 12.8. The quantitative estimate of drug-likeness (QED) is 0.245. The Kier molecular flexibility index (Phi) is 7.43. The minimum Gasteiger partial charge on any atom is -0.493 e. The van der Waals surface area contributed by atoms with Crippen LogP contribution < -0.4 is 10.1 Å². The molecule has 5 nitrogen and oxygen atoms in total. The first-order valence-electron chi connectivity index (χ1n) is 11.7. The van der Waals surface area contributed by atoms with E-state index in [1.54, 1.807) is 0 Å². The minimum atomic E-state index is -0.0849. The molecule has 1 N–H and O–H groups in total. The van der Waals surface area contributed by atoms with Crippen LogP contribution in [0.15, 0.2) is 79.4 Å². The molecule has 1 aromatic heterocycles. The van der Waals surface area contributed by atoms with Crippen molar-refractivity contribution in [2.45, 2.75) is 39.8 Å². The number of fused-ring (bicyclic) bond motifs is 1. The number of aromatic nitrogens is 2. The molecule has 0 fully saturated rings. The van der Waals surface area contributed by atoms with Gasteiger partial charge in [-0.05, 0) is 62.1 Å². The van der Waals surface area contributed by atoms with Gasteiger partial charge in [0.2, 0.25) is 0 Å². The average Bonchev–Trinajstić information content (AvgIpc) is 3.19. The highest BCUT2D eigenvalue weighted by atomic mass is 16.5. The number of amides is 1. The Morgan fingerprint density at radius 3 is 2.71 bits per heavy atom. The Hall–Kier alpha value is -3.86. The Morgan fingerprint density at radius 2 is 1.88 bits per heavy atom. The van der Waals surface area contributed by atoms with Crippen molar-refractivity contribution >= 4 is 16.9 Å². The number of nitrogens with zero attached hydrogens (tertiary/aromatic N) is 2. The lowest BCUT2D eigenvalue weighted by molar-refractivity contribution is 0.0949. The van der Waals surface area contributed by atoms with E-state index in [4.69, 9.17) is 9.72 Å². The van der Waals surface area contributed by atoms with E-state index in [9.17, 15) is 4.79 Å². The first kappa shape index (κ1) is 23.3. The summed E-state index contributed by atoms with van der Waals surface area (Å²) in [4.78, 5) is 17.6. The van der Waals surface area contributed by atoms with Gasteiger partial charge in [-0.1, -0.05) is 54.1 Å². The Labute approximate surface area is 201 Å². The number of benzene rings is 3. The fourth-order valence-electron chi connectivity index (χ4n) is 4.21. The van der Waals surface area contributed by atoms with Crippen LogP contribution >= 0.6 is 0 Å². The summed E-state index contributed by atoms with van der Waals surface area (Å²) in [7, 11) is 0. The van der Waals surface area contributed by atoms with Crippen molar-refractivity contribution in [1.82, 2.24) is 14.9 Å². The third-order valence-electron chi connectivity index (χ3n) is 5.89. The molecule has 0 atom stereocenters. The van der Waals surface area contributed by atoms with Gasteiger partial charge in [0.05, 0.1) is 24.2 Å². The van der Waals surface area contributed by atoms with Crippen LogP contribution in [0.25, 0.3) is 11.0 Å². The zero-order valence-corrected chi connectivity index (χ0v) is 19.9. The van der Waals surface area contributed by atoms with Crippen molar-refractivity contribution < 1.29 is 9.53 Å². The lowest BCUT2D eigenvalue weighted by Crippen LogP contribution is -2.25. The molecule has 5 heteroatoms. The van der Waals surface area contributed by atoms with E-state index < -0.39 is 0 Å². The van der Waals surface area contributed by atoms with Crippen molar-refractivity contribution in [1.29, 1.82) is 0 Å². The van der Waals surface area contributed by atoms with Crippen molar-refractivity contribution in [2.24, 2.45) is 0 Å². The number of hydrogen-bond acceptors (Lipinski definition) is 3. The molecule has 174 valence electrons. The summed E-state index contributed by atoms with van der Waals surface area (Å²) < 4.78 is 8.24. The first-order valence-corrected chi connectivity index (χ1v) is 11.7. The van der Waals surface area contributed by atoms with Gasteiger partial charge in [-0.2, -0.15) is 0 Å². The van der Waals surface area contributed by atoms with Crippen LogP contribution in [0.5, 0.6) is 5.75 Å². The van der Waals surface area contributed by atoms with Gasteiger partial charge in [-0.3, -0.25) is 4.79 Å². The molecule has 0 unspecified atom stereocenters. The van der Waals surface area contributed by atoms with Crippen molar-refractivity contribution in [3.8, 4) is 5.75 Å². The Bertz CT molecular complexity index is 1310. The average molecular weight is 454 g/mol. The topological polar surface area (TPSA) is 56.1 Å². The number of para-hydroxylation sites is 3. The SMILES string of the molecule is C=CCc1ccccc1OCCCn1c(CNC(=O)c2ccc(C)cc2C)nc2ccccc21. The van der Waals surface area contributed by atoms with Gasteiger partial charge in [-0.15, -0.1) is 6.58 Å². The van der Waals surface area contributed by atoms with Gasteiger partial charge in [0.15, 0.2) is 0 Å². The van der Waals surface area contributed by atoms with Crippen LogP contribution in [0.3, 0.4) is 0 Å². The van der Waals surface area contributed by atoms with E-state index in [1.165, 1.54) is 0 Å². The Balaban J connectivity index is 1.44. The summed E-state index contributed by atoms with van der Waals surface area (Å²) in [5, 5.41) is 3.05. The molecule has 0 aliphatic heterocycles. The van der Waals surface area contributed by atoms with E-state index >= 15 is 0 Å². The highest BCUT2D eigenvalue weighted by Gasteiger charge is 2.14. The number of aryl methyl sites for hydroxylation is 3. The van der Waals surface area contributed by atoms with Gasteiger partial charge >= 0.3 is 0 Å². The van der Waals surface area contributed by atoms with Gasteiger partial charge in [-0.25, -0.2) is 4.98 Å². The molecule has 4 rings (SSSR count). The molecule has 0 saturated heterocycles. The molecule has 1 amide bonds. The van der Waals surface area contributed by atoms with Crippen molar-refractivity contribution in [3.05, 3.63) is 107 Å². The molecule has 4 aromatic rings.